The summed E-state index contributed by atoms with van der Waals surface area (Å²) in [5, 5.41) is 2.88. The molecule has 2 aromatic rings. The average molecular weight is 267 g/mol. The molecular weight excluding hydrogens is 250 g/mol. The molecule has 4 heteroatoms. The number of rotatable bonds is 2. The zero-order valence-electron chi connectivity index (χ0n) is 11.1. The number of nitrogens with two attached hydrogens (primary N) is 2. The molecule has 5 N–H and O–H groups in total. The van der Waals surface area contributed by atoms with E-state index in [1.54, 1.807) is 0 Å². The molecule has 0 aliphatic carbocycles. The van der Waals surface area contributed by atoms with Crippen molar-refractivity contribution in [1.82, 2.24) is 0 Å². The Bertz CT molecular complexity index is 649. The lowest BCUT2D eigenvalue weighted by Crippen LogP contribution is -2.20. The molecule has 1 amide bonds. The smallest absolute Gasteiger partial charge is 0.224 e. The van der Waals surface area contributed by atoms with Crippen LogP contribution in [0.1, 0.15) is 29.2 Å². The van der Waals surface area contributed by atoms with Crippen molar-refractivity contribution < 1.29 is 4.79 Å². The molecule has 0 spiro atoms. The molecule has 0 bridgehead atoms. The summed E-state index contributed by atoms with van der Waals surface area (Å²) in [6.07, 6.45) is 1.30. The number of hydrogen-bond acceptors (Lipinski definition) is 3. The van der Waals surface area contributed by atoms with Crippen LogP contribution in [0.3, 0.4) is 0 Å². The minimum Gasteiger partial charge on any atom is -0.399 e. The lowest BCUT2D eigenvalue weighted by Gasteiger charge is -2.20. The molecule has 1 unspecified atom stereocenters. The maximum atomic E-state index is 11.4. The first-order chi connectivity index (χ1) is 9.63. The molecule has 1 atom stereocenters. The van der Waals surface area contributed by atoms with E-state index in [1.807, 2.05) is 36.4 Å². The van der Waals surface area contributed by atoms with Crippen molar-refractivity contribution in [3.05, 3.63) is 59.2 Å². The molecule has 4 nitrogen and oxygen atoms in total. The van der Waals surface area contributed by atoms with Crippen molar-refractivity contribution in [3.63, 3.8) is 0 Å². The SMILES string of the molecule is Nc1ccc(C(N)c2ccc3c(c2)CCC(=O)N3)cc1. The number of nitrogen functional groups attached to an aromatic ring is 1. The van der Waals surface area contributed by atoms with Crippen molar-refractivity contribution in [2.24, 2.45) is 5.73 Å². The fraction of sp³-hybridized carbons (Fsp3) is 0.188. The summed E-state index contributed by atoms with van der Waals surface area (Å²) >= 11 is 0. The largest absolute Gasteiger partial charge is 0.399 e. The van der Waals surface area contributed by atoms with E-state index in [4.69, 9.17) is 11.5 Å². The second kappa shape index (κ2) is 4.98. The van der Waals surface area contributed by atoms with Gasteiger partial charge in [0.25, 0.3) is 0 Å². The fourth-order valence-corrected chi connectivity index (χ4v) is 2.49. The van der Waals surface area contributed by atoms with Crippen LogP contribution in [0.25, 0.3) is 0 Å². The third-order valence-electron chi connectivity index (χ3n) is 3.68. The number of benzene rings is 2. The number of amides is 1. The fourth-order valence-electron chi connectivity index (χ4n) is 2.49. The number of anilines is 2. The Morgan fingerprint density at radius 3 is 2.45 bits per heavy atom. The van der Waals surface area contributed by atoms with Crippen LogP contribution >= 0.6 is 0 Å². The van der Waals surface area contributed by atoms with Crippen molar-refractivity contribution in [2.75, 3.05) is 11.1 Å². The predicted molar refractivity (Wildman–Crippen MR) is 80.3 cm³/mol. The van der Waals surface area contributed by atoms with Gasteiger partial charge in [0, 0.05) is 17.8 Å². The van der Waals surface area contributed by atoms with E-state index in [1.165, 1.54) is 0 Å². The summed E-state index contributed by atoms with van der Waals surface area (Å²) in [6, 6.07) is 13.4. The van der Waals surface area contributed by atoms with E-state index in [0.717, 1.165) is 34.5 Å². The molecule has 2 aromatic carbocycles. The number of fused-ring (bicyclic) bond motifs is 1. The van der Waals surface area contributed by atoms with Gasteiger partial charge in [-0.15, -0.1) is 0 Å². The van der Waals surface area contributed by atoms with E-state index in [2.05, 4.69) is 11.4 Å². The standard InChI is InChI=1S/C16H17N3O/c17-13-5-1-10(2-6-13)16(18)12-3-7-14-11(9-12)4-8-15(20)19-14/h1-3,5-7,9,16H,4,8,17-18H2,(H,19,20). The lowest BCUT2D eigenvalue weighted by molar-refractivity contribution is -0.116. The van der Waals surface area contributed by atoms with Crippen LogP contribution in [0.2, 0.25) is 0 Å². The van der Waals surface area contributed by atoms with Crippen molar-refractivity contribution >= 4 is 17.3 Å². The van der Waals surface area contributed by atoms with Gasteiger partial charge in [0.15, 0.2) is 0 Å². The molecule has 1 aliphatic rings. The number of aryl methyl sites for hydroxylation is 1. The molecule has 0 saturated heterocycles. The van der Waals surface area contributed by atoms with E-state index < -0.39 is 0 Å². The number of hydrogen-bond donors (Lipinski definition) is 3. The van der Waals surface area contributed by atoms with Crippen LogP contribution in [0, 0.1) is 0 Å². The average Bonchev–Trinajstić information content (AvgIpc) is 2.47. The third kappa shape index (κ3) is 2.38. The topological polar surface area (TPSA) is 81.1 Å². The van der Waals surface area contributed by atoms with E-state index in [0.29, 0.717) is 6.42 Å². The predicted octanol–water partition coefficient (Wildman–Crippen LogP) is 2.20. The van der Waals surface area contributed by atoms with Gasteiger partial charge in [-0.3, -0.25) is 4.79 Å². The highest BCUT2D eigenvalue weighted by atomic mass is 16.1. The Morgan fingerprint density at radius 2 is 1.70 bits per heavy atom. The molecule has 20 heavy (non-hydrogen) atoms. The molecule has 102 valence electrons. The van der Waals surface area contributed by atoms with Gasteiger partial charge in [-0.2, -0.15) is 0 Å². The van der Waals surface area contributed by atoms with Crippen molar-refractivity contribution in [3.8, 4) is 0 Å². The van der Waals surface area contributed by atoms with Gasteiger partial charge in [0.05, 0.1) is 6.04 Å². The Hall–Kier alpha value is -2.33. The van der Waals surface area contributed by atoms with Gasteiger partial charge >= 0.3 is 0 Å². The van der Waals surface area contributed by atoms with Crippen LogP contribution in [0.15, 0.2) is 42.5 Å². The van der Waals surface area contributed by atoms with Crippen LogP contribution < -0.4 is 16.8 Å². The highest BCUT2D eigenvalue weighted by molar-refractivity contribution is 5.93. The molecule has 0 fully saturated rings. The van der Waals surface area contributed by atoms with Gasteiger partial charge in [-0.25, -0.2) is 0 Å². The lowest BCUT2D eigenvalue weighted by atomic mass is 9.94. The molecule has 0 aromatic heterocycles. The van der Waals surface area contributed by atoms with Gasteiger partial charge in [0.1, 0.15) is 0 Å². The third-order valence-corrected chi connectivity index (χ3v) is 3.68. The number of carbonyl (C=O) groups is 1. The molecule has 1 aliphatic heterocycles. The molecular formula is C16H17N3O. The van der Waals surface area contributed by atoms with Crippen molar-refractivity contribution in [2.45, 2.75) is 18.9 Å². The molecule has 1 heterocycles. The zero-order valence-corrected chi connectivity index (χ0v) is 11.1. The summed E-state index contributed by atoms with van der Waals surface area (Å²) < 4.78 is 0. The van der Waals surface area contributed by atoms with E-state index in [9.17, 15) is 4.79 Å². The number of carbonyl (C=O) groups excluding carboxylic acids is 1. The molecule has 0 saturated carbocycles. The van der Waals surface area contributed by atoms with Gasteiger partial charge in [-0.1, -0.05) is 24.3 Å². The summed E-state index contributed by atoms with van der Waals surface area (Å²) in [5.41, 5.74) is 16.8. The Balaban J connectivity index is 1.90. The van der Waals surface area contributed by atoms with E-state index in [-0.39, 0.29) is 11.9 Å². The van der Waals surface area contributed by atoms with E-state index >= 15 is 0 Å². The van der Waals surface area contributed by atoms with Crippen LogP contribution in [-0.2, 0) is 11.2 Å². The van der Waals surface area contributed by atoms with Crippen LogP contribution in [0.5, 0.6) is 0 Å². The van der Waals surface area contributed by atoms with Gasteiger partial charge in [0.2, 0.25) is 5.91 Å². The Labute approximate surface area is 117 Å². The first-order valence-electron chi connectivity index (χ1n) is 6.67. The van der Waals surface area contributed by atoms with Crippen LogP contribution in [0.4, 0.5) is 11.4 Å². The van der Waals surface area contributed by atoms with Crippen molar-refractivity contribution in [1.29, 1.82) is 0 Å². The molecule has 3 rings (SSSR count). The first-order valence-corrected chi connectivity index (χ1v) is 6.67. The normalized spacial score (nSPS) is 15.3. The summed E-state index contributed by atoms with van der Waals surface area (Å²) in [7, 11) is 0. The highest BCUT2D eigenvalue weighted by Crippen LogP contribution is 2.28. The Kier molecular flexibility index (Phi) is 3.16. The zero-order chi connectivity index (χ0) is 14.1. The maximum absolute atomic E-state index is 11.4. The maximum Gasteiger partial charge on any atom is 0.224 e. The second-order valence-corrected chi connectivity index (χ2v) is 5.11. The monoisotopic (exact) mass is 267 g/mol. The summed E-state index contributed by atoms with van der Waals surface area (Å²) in [4.78, 5) is 11.4. The minimum atomic E-state index is -0.182. The summed E-state index contributed by atoms with van der Waals surface area (Å²) in [6.45, 7) is 0. The summed E-state index contributed by atoms with van der Waals surface area (Å²) in [5.74, 6) is 0.0769. The van der Waals surface area contributed by atoms with Gasteiger partial charge < -0.3 is 16.8 Å². The van der Waals surface area contributed by atoms with Gasteiger partial charge in [-0.05, 0) is 41.3 Å². The number of nitrogens with one attached hydrogen (secondary N) is 1. The highest BCUT2D eigenvalue weighted by Gasteiger charge is 2.17. The quantitative estimate of drug-likeness (QED) is 0.730. The second-order valence-electron chi connectivity index (χ2n) is 5.11. The molecule has 0 radical (unpaired) electrons. The minimum absolute atomic E-state index is 0.0769. The first kappa shape index (κ1) is 12.7. The Morgan fingerprint density at radius 1 is 1.00 bits per heavy atom. The van der Waals surface area contributed by atoms with Crippen LogP contribution in [-0.4, -0.2) is 5.91 Å².